The molecule has 0 radical (unpaired) electrons. The molecule has 1 aliphatic rings. The van der Waals surface area contributed by atoms with Crippen molar-refractivity contribution in [2.45, 2.75) is 13.0 Å². The van der Waals surface area contributed by atoms with Crippen molar-refractivity contribution in [3.8, 4) is 5.75 Å². The highest BCUT2D eigenvalue weighted by Gasteiger charge is 2.48. The van der Waals surface area contributed by atoms with E-state index in [1.165, 1.54) is 23.3 Å². The van der Waals surface area contributed by atoms with E-state index in [0.717, 1.165) is 14.9 Å². The Morgan fingerprint density at radius 1 is 1.16 bits per heavy atom. The molecule has 0 aliphatic carbocycles. The van der Waals surface area contributed by atoms with Crippen LogP contribution in [-0.4, -0.2) is 23.9 Å². The van der Waals surface area contributed by atoms with Crippen LogP contribution in [0.1, 0.15) is 22.0 Å². The number of ether oxygens (including phenoxy) is 1. The number of aliphatic hydroxyl groups is 1. The van der Waals surface area contributed by atoms with Crippen LogP contribution in [0.3, 0.4) is 0 Å². The Hall–Kier alpha value is -2.61. The first kappa shape index (κ1) is 21.6. The number of carbonyl (C=O) groups is 2. The van der Waals surface area contributed by atoms with E-state index in [1.54, 1.807) is 42.5 Å². The third kappa shape index (κ3) is 3.78. The number of hydrogen-bond acceptors (Lipinski definition) is 5. The van der Waals surface area contributed by atoms with Crippen molar-refractivity contribution in [2.75, 3.05) is 12.0 Å². The first-order chi connectivity index (χ1) is 14.8. The fraction of sp³-hybridized carbons (Fsp3) is 0.130. The van der Waals surface area contributed by atoms with Gasteiger partial charge in [-0.2, -0.15) is 0 Å². The molecule has 2 heterocycles. The van der Waals surface area contributed by atoms with Gasteiger partial charge in [0.1, 0.15) is 17.6 Å². The molecule has 3 aromatic rings. The van der Waals surface area contributed by atoms with E-state index in [1.807, 2.05) is 18.4 Å². The third-order valence-electron chi connectivity index (χ3n) is 5.13. The van der Waals surface area contributed by atoms with Crippen LogP contribution in [0.4, 0.5) is 5.69 Å². The maximum Gasteiger partial charge on any atom is 0.300 e. The molecule has 8 heteroatoms. The minimum absolute atomic E-state index is 0.0461. The first-order valence-electron chi connectivity index (χ1n) is 9.28. The normalized spacial score (nSPS) is 17.9. The lowest BCUT2D eigenvalue weighted by molar-refractivity contribution is -0.132. The van der Waals surface area contributed by atoms with Gasteiger partial charge in [0.15, 0.2) is 0 Å². The van der Waals surface area contributed by atoms with E-state index >= 15 is 0 Å². The topological polar surface area (TPSA) is 66.8 Å². The number of benzene rings is 2. The quantitative estimate of drug-likeness (QED) is 0.257. The molecule has 1 fully saturated rings. The number of hydrogen-bond donors (Lipinski definition) is 1. The molecule has 0 spiro atoms. The first-order valence-corrected chi connectivity index (χ1v) is 11.3. The van der Waals surface area contributed by atoms with Crippen molar-refractivity contribution in [2.24, 2.45) is 0 Å². The summed E-state index contributed by atoms with van der Waals surface area (Å²) in [5.41, 5.74) is 1.86. The summed E-state index contributed by atoms with van der Waals surface area (Å²) in [6, 6.07) is 13.0. The van der Waals surface area contributed by atoms with E-state index in [0.29, 0.717) is 22.0 Å². The van der Waals surface area contributed by atoms with Gasteiger partial charge in [-0.1, -0.05) is 39.7 Å². The van der Waals surface area contributed by atoms with Crippen LogP contribution in [-0.2, 0) is 9.59 Å². The molecule has 5 nitrogen and oxygen atoms in total. The zero-order valence-corrected chi connectivity index (χ0v) is 19.7. The van der Waals surface area contributed by atoms with Crippen LogP contribution in [0.5, 0.6) is 5.75 Å². The molecule has 4 rings (SSSR count). The number of aryl methyl sites for hydroxylation is 1. The zero-order chi connectivity index (χ0) is 22.3. The van der Waals surface area contributed by atoms with Crippen molar-refractivity contribution in [3.05, 3.63) is 85.0 Å². The van der Waals surface area contributed by atoms with Gasteiger partial charge >= 0.3 is 0 Å². The summed E-state index contributed by atoms with van der Waals surface area (Å²) in [5, 5.41) is 13.3. The van der Waals surface area contributed by atoms with Crippen molar-refractivity contribution < 1.29 is 19.4 Å². The summed E-state index contributed by atoms with van der Waals surface area (Å²) in [7, 11) is 1.50. The van der Waals surface area contributed by atoms with Gasteiger partial charge in [0.2, 0.25) is 0 Å². The number of rotatable bonds is 4. The number of nitrogens with zero attached hydrogens (tertiary/aromatic N) is 1. The minimum Gasteiger partial charge on any atom is -0.507 e. The van der Waals surface area contributed by atoms with Gasteiger partial charge in [-0.15, -0.1) is 11.3 Å². The van der Waals surface area contributed by atoms with E-state index in [-0.39, 0.29) is 11.3 Å². The van der Waals surface area contributed by atoms with E-state index in [4.69, 9.17) is 16.3 Å². The largest absolute Gasteiger partial charge is 0.507 e. The van der Waals surface area contributed by atoms with Gasteiger partial charge in [0.05, 0.1) is 17.7 Å². The molecule has 1 N–H and O–H groups in total. The Labute approximate surface area is 196 Å². The Kier molecular flexibility index (Phi) is 5.92. The van der Waals surface area contributed by atoms with Crippen LogP contribution in [0.25, 0.3) is 5.76 Å². The highest BCUT2D eigenvalue weighted by atomic mass is 79.9. The second-order valence-electron chi connectivity index (χ2n) is 6.96. The van der Waals surface area contributed by atoms with Gasteiger partial charge in [-0.05, 0) is 54.3 Å². The van der Waals surface area contributed by atoms with Crippen molar-refractivity contribution >= 4 is 62.0 Å². The summed E-state index contributed by atoms with van der Waals surface area (Å²) in [5.74, 6) is -1.23. The van der Waals surface area contributed by atoms with Crippen molar-refractivity contribution in [1.29, 1.82) is 0 Å². The van der Waals surface area contributed by atoms with Crippen molar-refractivity contribution in [1.82, 2.24) is 0 Å². The summed E-state index contributed by atoms with van der Waals surface area (Å²) >= 11 is 11.1. The molecular formula is C23H17BrClNO4S. The highest BCUT2D eigenvalue weighted by Crippen LogP contribution is 2.45. The zero-order valence-electron chi connectivity index (χ0n) is 16.6. The molecule has 1 unspecified atom stereocenters. The summed E-state index contributed by atoms with van der Waals surface area (Å²) in [6.07, 6.45) is 0. The lowest BCUT2D eigenvalue weighted by Crippen LogP contribution is -2.29. The maximum atomic E-state index is 13.1. The number of aliphatic hydroxyl groups excluding tert-OH is 1. The van der Waals surface area contributed by atoms with Crippen LogP contribution in [0.2, 0.25) is 5.02 Å². The van der Waals surface area contributed by atoms with Crippen LogP contribution < -0.4 is 9.64 Å². The Morgan fingerprint density at radius 2 is 1.87 bits per heavy atom. The number of methoxy groups -OCH3 is 1. The van der Waals surface area contributed by atoms with Crippen LogP contribution in [0.15, 0.2) is 64.0 Å². The maximum absolute atomic E-state index is 13.1. The fourth-order valence-corrected chi connectivity index (χ4v) is 5.12. The monoisotopic (exact) mass is 517 g/mol. The molecule has 1 saturated heterocycles. The molecule has 1 atom stereocenters. The molecule has 0 bridgehead atoms. The smallest absolute Gasteiger partial charge is 0.300 e. The lowest BCUT2D eigenvalue weighted by Gasteiger charge is -2.25. The van der Waals surface area contributed by atoms with E-state index in [9.17, 15) is 14.7 Å². The molecule has 31 heavy (non-hydrogen) atoms. The number of Topliss-reactive ketones (excluding diaryl/α,β-unsaturated/α-hetero) is 1. The van der Waals surface area contributed by atoms with E-state index in [2.05, 4.69) is 15.9 Å². The molecule has 158 valence electrons. The number of anilines is 1. The molecule has 1 aromatic heterocycles. The van der Waals surface area contributed by atoms with Gasteiger partial charge in [0, 0.05) is 20.6 Å². The number of thiophene rings is 1. The average Bonchev–Trinajstić information content (AvgIpc) is 3.28. The molecule has 0 saturated carbocycles. The number of amides is 1. The lowest BCUT2D eigenvalue weighted by atomic mass is 9.98. The summed E-state index contributed by atoms with van der Waals surface area (Å²) < 4.78 is 6.04. The third-order valence-corrected chi connectivity index (χ3v) is 7.02. The minimum atomic E-state index is -0.770. The SMILES string of the molecule is COc1ccc(N2C(=O)C(=O)/C(=C(\O)c3ccc(Br)cc3)C2c2sccc2C)cc1Cl. The second-order valence-corrected chi connectivity index (χ2v) is 9.23. The number of ketones is 1. The van der Waals surface area contributed by atoms with Gasteiger partial charge in [-0.3, -0.25) is 14.5 Å². The Bertz CT molecular complexity index is 1220. The van der Waals surface area contributed by atoms with Crippen molar-refractivity contribution in [3.63, 3.8) is 0 Å². The Balaban J connectivity index is 1.94. The predicted octanol–water partition coefficient (Wildman–Crippen LogP) is 6.11. The second kappa shape index (κ2) is 8.49. The molecular weight excluding hydrogens is 502 g/mol. The van der Waals surface area contributed by atoms with E-state index < -0.39 is 17.7 Å². The van der Waals surface area contributed by atoms with Crippen LogP contribution >= 0.6 is 38.9 Å². The molecule has 2 aromatic carbocycles. The van der Waals surface area contributed by atoms with Gasteiger partial charge in [0.25, 0.3) is 11.7 Å². The van der Waals surface area contributed by atoms with Crippen LogP contribution in [0, 0.1) is 6.92 Å². The predicted molar refractivity (Wildman–Crippen MR) is 126 cm³/mol. The molecule has 1 amide bonds. The number of halogens is 2. The summed E-state index contributed by atoms with van der Waals surface area (Å²) in [4.78, 5) is 28.4. The van der Waals surface area contributed by atoms with Gasteiger partial charge < -0.3 is 9.84 Å². The standard InChI is InChI=1S/C23H17BrClNO4S/c1-12-9-10-31-22(12)19-18(20(27)13-3-5-14(24)6-4-13)21(28)23(29)26(19)15-7-8-17(30-2)16(25)11-15/h3-11,19,27H,1-2H3/b20-18-. The number of carbonyl (C=O) groups excluding carboxylic acids is 2. The fourth-order valence-electron chi connectivity index (χ4n) is 3.58. The Morgan fingerprint density at radius 3 is 2.45 bits per heavy atom. The average molecular weight is 519 g/mol. The summed E-state index contributed by atoms with van der Waals surface area (Å²) in [6.45, 7) is 1.91. The molecule has 1 aliphatic heterocycles. The highest BCUT2D eigenvalue weighted by molar-refractivity contribution is 9.10. The van der Waals surface area contributed by atoms with Gasteiger partial charge in [-0.25, -0.2) is 0 Å².